The minimum atomic E-state index is -1.53. The predicted molar refractivity (Wildman–Crippen MR) is 58.8 cm³/mol. The van der Waals surface area contributed by atoms with E-state index in [1.54, 1.807) is 11.4 Å². The summed E-state index contributed by atoms with van der Waals surface area (Å²) in [4.78, 5) is 0.956. The summed E-state index contributed by atoms with van der Waals surface area (Å²) in [5, 5.41) is 1.67. The molecule has 0 atom stereocenters. The Bertz CT molecular complexity index is 548. The summed E-state index contributed by atoms with van der Waals surface area (Å²) in [6, 6.07) is 2.80. The summed E-state index contributed by atoms with van der Waals surface area (Å²) in [6.45, 7) is 1.84. The van der Waals surface area contributed by atoms with Crippen molar-refractivity contribution < 1.29 is 13.2 Å². The topological polar surface area (TPSA) is 26.0 Å². The first kappa shape index (κ1) is 11.0. The summed E-state index contributed by atoms with van der Waals surface area (Å²) < 4.78 is 39.5. The summed E-state index contributed by atoms with van der Waals surface area (Å²) in [7, 11) is 0. The van der Waals surface area contributed by atoms with Crippen molar-refractivity contribution in [3.63, 3.8) is 0 Å². The van der Waals surface area contributed by atoms with E-state index in [2.05, 4.69) is 0 Å². The van der Waals surface area contributed by atoms with Gasteiger partial charge in [0, 0.05) is 10.4 Å². The maximum absolute atomic E-state index is 13.5. The molecule has 0 unspecified atom stereocenters. The lowest BCUT2D eigenvalue weighted by Gasteiger charge is -2.05. The first-order valence-corrected chi connectivity index (χ1v) is 5.37. The van der Waals surface area contributed by atoms with E-state index in [1.807, 2.05) is 6.92 Å². The van der Waals surface area contributed by atoms with Crippen LogP contribution in [0, 0.1) is 24.4 Å². The van der Waals surface area contributed by atoms with Gasteiger partial charge in [0.05, 0.1) is 5.69 Å². The summed E-state index contributed by atoms with van der Waals surface area (Å²) in [5.41, 5.74) is 5.36. The molecule has 1 aromatic heterocycles. The second-order valence-electron chi connectivity index (χ2n) is 3.40. The third-order valence-corrected chi connectivity index (χ3v) is 3.08. The van der Waals surface area contributed by atoms with Crippen molar-refractivity contribution in [2.45, 2.75) is 6.92 Å². The molecule has 0 spiro atoms. The summed E-state index contributed by atoms with van der Waals surface area (Å²) in [6.07, 6.45) is 0. The molecule has 0 saturated heterocycles. The van der Waals surface area contributed by atoms with Gasteiger partial charge in [-0.1, -0.05) is 0 Å². The second-order valence-corrected chi connectivity index (χ2v) is 4.52. The zero-order valence-corrected chi connectivity index (χ0v) is 9.17. The van der Waals surface area contributed by atoms with Gasteiger partial charge in [0.1, 0.15) is 0 Å². The number of aryl methyl sites for hydroxylation is 1. The van der Waals surface area contributed by atoms with Crippen molar-refractivity contribution in [1.29, 1.82) is 0 Å². The van der Waals surface area contributed by atoms with Crippen LogP contribution < -0.4 is 5.73 Å². The molecule has 0 aliphatic rings. The van der Waals surface area contributed by atoms with Gasteiger partial charge in [-0.25, -0.2) is 13.2 Å². The normalized spacial score (nSPS) is 10.8. The van der Waals surface area contributed by atoms with Crippen molar-refractivity contribution in [2.75, 3.05) is 5.73 Å². The number of rotatable bonds is 1. The van der Waals surface area contributed by atoms with Crippen LogP contribution in [-0.2, 0) is 0 Å². The quantitative estimate of drug-likeness (QED) is 0.599. The molecule has 2 rings (SSSR count). The van der Waals surface area contributed by atoms with Gasteiger partial charge in [0.25, 0.3) is 0 Å². The Morgan fingerprint density at radius 2 is 1.75 bits per heavy atom. The highest BCUT2D eigenvalue weighted by atomic mass is 32.1. The van der Waals surface area contributed by atoms with Gasteiger partial charge >= 0.3 is 0 Å². The van der Waals surface area contributed by atoms with Crippen LogP contribution in [0.1, 0.15) is 4.88 Å². The Morgan fingerprint density at radius 3 is 2.31 bits per heavy atom. The molecule has 1 heterocycles. The highest BCUT2D eigenvalue weighted by Gasteiger charge is 2.18. The molecule has 1 aromatic carbocycles. The van der Waals surface area contributed by atoms with E-state index in [4.69, 9.17) is 5.73 Å². The Balaban J connectivity index is 2.66. The molecule has 0 aliphatic heterocycles. The largest absolute Gasteiger partial charge is 0.396 e. The molecule has 0 bridgehead atoms. The highest BCUT2D eigenvalue weighted by Crippen LogP contribution is 2.32. The third-order valence-electron chi connectivity index (χ3n) is 2.22. The van der Waals surface area contributed by atoms with E-state index < -0.39 is 23.1 Å². The monoisotopic (exact) mass is 243 g/mol. The van der Waals surface area contributed by atoms with Gasteiger partial charge in [0.15, 0.2) is 17.5 Å². The van der Waals surface area contributed by atoms with E-state index in [0.717, 1.165) is 10.9 Å². The van der Waals surface area contributed by atoms with Gasteiger partial charge < -0.3 is 5.73 Å². The number of nitrogen functional groups attached to an aromatic ring is 1. The molecule has 5 heteroatoms. The standard InChI is InChI=1S/C11H8F3NS/c1-5-2-6(4-16-5)7-3-8(15)10(13)11(14)9(7)12/h2-4H,15H2,1H3. The third kappa shape index (κ3) is 1.67. The van der Waals surface area contributed by atoms with Crippen LogP contribution in [0.3, 0.4) is 0 Å². The lowest BCUT2D eigenvalue weighted by molar-refractivity contribution is 0.451. The van der Waals surface area contributed by atoms with E-state index in [-0.39, 0.29) is 5.56 Å². The number of nitrogens with two attached hydrogens (primary N) is 1. The van der Waals surface area contributed by atoms with Crippen LogP contribution in [0.25, 0.3) is 11.1 Å². The van der Waals surface area contributed by atoms with Crippen molar-refractivity contribution in [3.05, 3.63) is 39.8 Å². The van der Waals surface area contributed by atoms with Crippen LogP contribution in [0.15, 0.2) is 17.5 Å². The zero-order valence-electron chi connectivity index (χ0n) is 8.35. The minimum Gasteiger partial charge on any atom is -0.396 e. The number of hydrogen-bond donors (Lipinski definition) is 1. The first-order valence-electron chi connectivity index (χ1n) is 4.49. The molecule has 0 saturated carbocycles. The number of hydrogen-bond acceptors (Lipinski definition) is 2. The molecule has 2 aromatic rings. The molecular weight excluding hydrogens is 235 g/mol. The average Bonchev–Trinajstić information content (AvgIpc) is 2.67. The lowest BCUT2D eigenvalue weighted by Crippen LogP contribution is -2.00. The molecule has 2 N–H and O–H groups in total. The number of anilines is 1. The van der Waals surface area contributed by atoms with Gasteiger partial charge in [-0.15, -0.1) is 11.3 Å². The molecule has 0 radical (unpaired) electrons. The molecule has 0 aliphatic carbocycles. The summed E-state index contributed by atoms with van der Waals surface area (Å²) in [5.74, 6) is -4.07. The summed E-state index contributed by atoms with van der Waals surface area (Å²) >= 11 is 1.40. The van der Waals surface area contributed by atoms with E-state index in [9.17, 15) is 13.2 Å². The Morgan fingerprint density at radius 1 is 1.06 bits per heavy atom. The first-order chi connectivity index (χ1) is 7.50. The van der Waals surface area contributed by atoms with E-state index >= 15 is 0 Å². The smallest absolute Gasteiger partial charge is 0.197 e. The van der Waals surface area contributed by atoms with Gasteiger partial charge in [-0.05, 0) is 30.0 Å². The maximum atomic E-state index is 13.5. The van der Waals surface area contributed by atoms with Gasteiger partial charge in [-0.3, -0.25) is 0 Å². The van der Waals surface area contributed by atoms with Crippen LogP contribution in [0.5, 0.6) is 0 Å². The van der Waals surface area contributed by atoms with Gasteiger partial charge in [0.2, 0.25) is 0 Å². The fraction of sp³-hybridized carbons (Fsp3) is 0.0909. The fourth-order valence-electron chi connectivity index (χ4n) is 1.42. The minimum absolute atomic E-state index is 0.0132. The van der Waals surface area contributed by atoms with Crippen LogP contribution >= 0.6 is 11.3 Å². The number of thiophene rings is 1. The Labute approximate surface area is 94.3 Å². The average molecular weight is 243 g/mol. The molecule has 0 amide bonds. The highest BCUT2D eigenvalue weighted by molar-refractivity contribution is 7.10. The second kappa shape index (κ2) is 3.83. The Kier molecular flexibility index (Phi) is 2.63. The van der Waals surface area contributed by atoms with Crippen LogP contribution in [-0.4, -0.2) is 0 Å². The van der Waals surface area contributed by atoms with E-state index in [0.29, 0.717) is 5.56 Å². The van der Waals surface area contributed by atoms with Crippen molar-refractivity contribution >= 4 is 17.0 Å². The van der Waals surface area contributed by atoms with Crippen molar-refractivity contribution in [2.24, 2.45) is 0 Å². The van der Waals surface area contributed by atoms with Crippen LogP contribution in [0.4, 0.5) is 18.9 Å². The van der Waals surface area contributed by atoms with E-state index in [1.165, 1.54) is 11.3 Å². The SMILES string of the molecule is Cc1cc(-c2cc(N)c(F)c(F)c2F)cs1. The lowest BCUT2D eigenvalue weighted by atomic mass is 10.1. The fourth-order valence-corrected chi connectivity index (χ4v) is 2.12. The molecule has 16 heavy (non-hydrogen) atoms. The Hall–Kier alpha value is -1.49. The van der Waals surface area contributed by atoms with Crippen LogP contribution in [0.2, 0.25) is 0 Å². The molecule has 0 fully saturated rings. The molecule has 84 valence electrons. The van der Waals surface area contributed by atoms with Gasteiger partial charge in [-0.2, -0.15) is 0 Å². The molecular formula is C11H8F3NS. The predicted octanol–water partition coefficient (Wildman–Crippen LogP) is 3.72. The maximum Gasteiger partial charge on any atom is 0.197 e. The zero-order chi connectivity index (χ0) is 11.9. The number of benzene rings is 1. The number of halogens is 3. The molecule has 1 nitrogen and oxygen atoms in total. The van der Waals surface area contributed by atoms with Crippen molar-refractivity contribution in [3.8, 4) is 11.1 Å². The van der Waals surface area contributed by atoms with Crippen molar-refractivity contribution in [1.82, 2.24) is 0 Å².